The molecule has 1 aromatic rings. The van der Waals surface area contributed by atoms with Gasteiger partial charge in [-0.25, -0.2) is 0 Å². The number of nitrogens with one attached hydrogen (secondary N) is 1. The van der Waals surface area contributed by atoms with Crippen LogP contribution in [0.25, 0.3) is 0 Å². The van der Waals surface area contributed by atoms with Gasteiger partial charge in [0.1, 0.15) is 5.76 Å². The maximum Gasteiger partial charge on any atom is 0.193 e. The van der Waals surface area contributed by atoms with Crippen molar-refractivity contribution in [3.8, 4) is 0 Å². The van der Waals surface area contributed by atoms with Gasteiger partial charge in [-0.2, -0.15) is 0 Å². The molecule has 1 rings (SSSR count). The number of hydrogen-bond acceptors (Lipinski definition) is 3. The van der Waals surface area contributed by atoms with E-state index in [2.05, 4.69) is 42.8 Å². The monoisotopic (exact) mass is 434 g/mol. The van der Waals surface area contributed by atoms with Crippen LogP contribution in [0, 0.1) is 13.8 Å². The smallest absolute Gasteiger partial charge is 0.193 e. The van der Waals surface area contributed by atoms with Crippen molar-refractivity contribution >= 4 is 29.9 Å². The van der Waals surface area contributed by atoms with E-state index in [0.717, 1.165) is 49.9 Å². The molecule has 0 saturated heterocycles. The van der Waals surface area contributed by atoms with Gasteiger partial charge in [-0.15, -0.1) is 30.6 Å². The highest BCUT2D eigenvalue weighted by atomic mass is 127. The summed E-state index contributed by atoms with van der Waals surface area (Å²) >= 11 is 0. The van der Waals surface area contributed by atoms with Gasteiger partial charge in [0, 0.05) is 38.2 Å². The van der Waals surface area contributed by atoms with Crippen LogP contribution >= 0.6 is 24.0 Å². The Bertz CT molecular complexity index is 479. The molecule has 6 heteroatoms. The summed E-state index contributed by atoms with van der Waals surface area (Å²) in [5, 5.41) is 7.38. The topological polar surface area (TPSA) is 53.7 Å². The third kappa shape index (κ3) is 6.93. The van der Waals surface area contributed by atoms with Gasteiger partial charge in [-0.1, -0.05) is 18.2 Å². The molecule has 132 valence electrons. The molecular weight excluding hydrogens is 403 g/mol. The van der Waals surface area contributed by atoms with E-state index in [1.165, 1.54) is 5.56 Å². The summed E-state index contributed by atoms with van der Waals surface area (Å²) in [6, 6.07) is 0. The fourth-order valence-electron chi connectivity index (χ4n) is 2.56. The maximum atomic E-state index is 5.25. The van der Waals surface area contributed by atoms with Crippen molar-refractivity contribution in [1.29, 1.82) is 0 Å². The van der Waals surface area contributed by atoms with Crippen LogP contribution < -0.4 is 5.32 Å². The SMILES string of the molecule is C=CCCCN(C)C(=NCC(C)c1c(C)noc1C)NCC.I. The molecular formula is C17H31IN4O. The fraction of sp³-hybridized carbons (Fsp3) is 0.647. The average Bonchev–Trinajstić information content (AvgIpc) is 2.82. The third-order valence-corrected chi connectivity index (χ3v) is 3.69. The standard InChI is InChI=1S/C17H30N4O.HI/c1-7-9-10-11-21(6)17(18-8-2)19-12-13(3)16-14(4)20-22-15(16)5;/h7,13H,1,8-12H2,2-6H3,(H,18,19);1H. The van der Waals surface area contributed by atoms with Crippen molar-refractivity contribution in [3.63, 3.8) is 0 Å². The van der Waals surface area contributed by atoms with Crippen LogP contribution in [0.4, 0.5) is 0 Å². The molecule has 0 spiro atoms. The molecule has 1 atom stereocenters. The summed E-state index contributed by atoms with van der Waals surface area (Å²) in [5.41, 5.74) is 2.14. The van der Waals surface area contributed by atoms with E-state index in [0.29, 0.717) is 5.92 Å². The van der Waals surface area contributed by atoms with E-state index in [9.17, 15) is 0 Å². The van der Waals surface area contributed by atoms with E-state index in [-0.39, 0.29) is 24.0 Å². The highest BCUT2D eigenvalue weighted by molar-refractivity contribution is 14.0. The molecule has 1 unspecified atom stereocenters. The highest BCUT2D eigenvalue weighted by Gasteiger charge is 2.16. The van der Waals surface area contributed by atoms with Gasteiger partial charge < -0.3 is 14.7 Å². The first kappa shape index (κ1) is 21.9. The second-order valence-electron chi connectivity index (χ2n) is 5.69. The molecule has 0 fully saturated rings. The zero-order chi connectivity index (χ0) is 16.5. The van der Waals surface area contributed by atoms with Gasteiger partial charge in [0.15, 0.2) is 5.96 Å². The highest BCUT2D eigenvalue weighted by Crippen LogP contribution is 2.23. The van der Waals surface area contributed by atoms with Gasteiger partial charge in [0.25, 0.3) is 0 Å². The van der Waals surface area contributed by atoms with Crippen LogP contribution in [-0.4, -0.2) is 42.7 Å². The van der Waals surface area contributed by atoms with Crippen molar-refractivity contribution in [2.24, 2.45) is 4.99 Å². The Morgan fingerprint density at radius 1 is 1.48 bits per heavy atom. The van der Waals surface area contributed by atoms with E-state index in [1.54, 1.807) is 0 Å². The number of aliphatic imine (C=N–C) groups is 1. The van der Waals surface area contributed by atoms with Crippen molar-refractivity contribution < 1.29 is 4.52 Å². The summed E-state index contributed by atoms with van der Waals surface area (Å²) in [7, 11) is 2.07. The second kappa shape index (κ2) is 11.5. The molecule has 0 aliphatic carbocycles. The van der Waals surface area contributed by atoms with E-state index < -0.39 is 0 Å². The fourth-order valence-corrected chi connectivity index (χ4v) is 2.56. The Labute approximate surface area is 157 Å². The number of aromatic nitrogens is 1. The molecule has 0 saturated carbocycles. The van der Waals surface area contributed by atoms with Crippen LogP contribution in [-0.2, 0) is 0 Å². The molecule has 0 aliphatic rings. The Kier molecular flexibility index (Phi) is 11.0. The molecule has 5 nitrogen and oxygen atoms in total. The van der Waals surface area contributed by atoms with Crippen LogP contribution in [0.15, 0.2) is 22.2 Å². The van der Waals surface area contributed by atoms with E-state index in [4.69, 9.17) is 9.52 Å². The van der Waals surface area contributed by atoms with E-state index in [1.807, 2.05) is 19.9 Å². The number of halogens is 1. The largest absolute Gasteiger partial charge is 0.361 e. The zero-order valence-corrected chi connectivity index (χ0v) is 17.4. The lowest BCUT2D eigenvalue weighted by Crippen LogP contribution is -2.39. The van der Waals surface area contributed by atoms with Crippen LogP contribution in [0.5, 0.6) is 0 Å². The number of guanidine groups is 1. The molecule has 1 aromatic heterocycles. The first-order valence-corrected chi connectivity index (χ1v) is 8.04. The molecule has 0 aromatic carbocycles. The molecule has 0 amide bonds. The Morgan fingerprint density at radius 2 is 2.17 bits per heavy atom. The lowest BCUT2D eigenvalue weighted by molar-refractivity contribution is 0.391. The average molecular weight is 434 g/mol. The zero-order valence-electron chi connectivity index (χ0n) is 15.1. The van der Waals surface area contributed by atoms with Gasteiger partial charge in [-0.3, -0.25) is 4.99 Å². The normalized spacial score (nSPS) is 12.5. The molecule has 0 radical (unpaired) electrons. The number of unbranched alkanes of at least 4 members (excludes halogenated alkanes) is 1. The van der Waals surface area contributed by atoms with Crippen LogP contribution in [0.2, 0.25) is 0 Å². The Morgan fingerprint density at radius 3 is 2.70 bits per heavy atom. The van der Waals surface area contributed by atoms with Gasteiger partial charge in [0.2, 0.25) is 0 Å². The first-order valence-electron chi connectivity index (χ1n) is 8.04. The molecule has 1 heterocycles. The van der Waals surface area contributed by atoms with Crippen molar-refractivity contribution in [2.45, 2.75) is 46.5 Å². The minimum atomic E-state index is 0. The van der Waals surface area contributed by atoms with Crippen molar-refractivity contribution in [3.05, 3.63) is 29.7 Å². The number of nitrogens with zero attached hydrogens (tertiary/aromatic N) is 3. The van der Waals surface area contributed by atoms with Crippen molar-refractivity contribution in [1.82, 2.24) is 15.4 Å². The second-order valence-corrected chi connectivity index (χ2v) is 5.69. The van der Waals surface area contributed by atoms with Gasteiger partial charge >= 0.3 is 0 Å². The lowest BCUT2D eigenvalue weighted by Gasteiger charge is -2.22. The van der Waals surface area contributed by atoms with Gasteiger partial charge in [0.05, 0.1) is 5.69 Å². The molecule has 23 heavy (non-hydrogen) atoms. The first-order chi connectivity index (χ1) is 10.5. The summed E-state index contributed by atoms with van der Waals surface area (Å²) in [5.74, 6) is 2.14. The summed E-state index contributed by atoms with van der Waals surface area (Å²) in [6.07, 6.45) is 4.07. The predicted octanol–water partition coefficient (Wildman–Crippen LogP) is 3.88. The number of rotatable bonds is 8. The van der Waals surface area contributed by atoms with E-state index >= 15 is 0 Å². The molecule has 0 aliphatic heterocycles. The number of hydrogen-bond donors (Lipinski definition) is 1. The summed E-state index contributed by atoms with van der Waals surface area (Å²) < 4.78 is 5.25. The summed E-state index contributed by atoms with van der Waals surface area (Å²) in [6.45, 7) is 14.5. The molecule has 0 bridgehead atoms. The van der Waals surface area contributed by atoms with Crippen LogP contribution in [0.3, 0.4) is 0 Å². The molecule has 1 N–H and O–H groups in total. The minimum absolute atomic E-state index is 0. The predicted molar refractivity (Wildman–Crippen MR) is 108 cm³/mol. The van der Waals surface area contributed by atoms with Crippen LogP contribution in [0.1, 0.15) is 49.6 Å². The van der Waals surface area contributed by atoms with Gasteiger partial charge in [-0.05, 0) is 33.6 Å². The Balaban J connectivity index is 0.00000484. The third-order valence-electron chi connectivity index (χ3n) is 3.69. The summed E-state index contributed by atoms with van der Waals surface area (Å²) in [4.78, 5) is 6.94. The quantitative estimate of drug-likeness (QED) is 0.222. The Hall–Kier alpha value is -1.05. The number of aryl methyl sites for hydroxylation is 2. The minimum Gasteiger partial charge on any atom is -0.361 e. The number of allylic oxidation sites excluding steroid dienone is 1. The maximum absolute atomic E-state index is 5.25. The lowest BCUT2D eigenvalue weighted by atomic mass is 10.00. The van der Waals surface area contributed by atoms with Crippen molar-refractivity contribution in [2.75, 3.05) is 26.7 Å².